The Morgan fingerprint density at radius 3 is 1.93 bits per heavy atom. The number of hydrogen-bond donors (Lipinski definition) is 2. The fraction of sp³-hybridized carbons (Fsp3) is 0.588. The summed E-state index contributed by atoms with van der Waals surface area (Å²) in [6.07, 6.45) is -2.73. The van der Waals surface area contributed by atoms with Crippen LogP contribution in [0.15, 0.2) is 4.99 Å². The van der Waals surface area contributed by atoms with E-state index in [2.05, 4.69) is 4.99 Å². The summed E-state index contributed by atoms with van der Waals surface area (Å²) < 4.78 is 89.4. The van der Waals surface area contributed by atoms with Gasteiger partial charge < -0.3 is 19.7 Å². The number of alkyl halides is 1. The predicted molar refractivity (Wildman–Crippen MR) is 89.1 cm³/mol. The van der Waals surface area contributed by atoms with Gasteiger partial charge in [-0.05, 0) is 6.42 Å². The van der Waals surface area contributed by atoms with Crippen LogP contribution >= 0.6 is 0 Å². The highest BCUT2D eigenvalue weighted by Crippen LogP contribution is 2.27. The molecule has 1 aromatic rings. The van der Waals surface area contributed by atoms with Crippen LogP contribution in [0, 0.1) is 29.1 Å². The Morgan fingerprint density at radius 2 is 1.50 bits per heavy atom. The maximum atomic E-state index is 13.8. The number of ether oxygens (including phenoxy) is 2. The highest BCUT2D eigenvalue weighted by atomic mass is 19.2. The zero-order valence-corrected chi connectivity index (χ0v) is 15.8. The van der Waals surface area contributed by atoms with Gasteiger partial charge in [0.2, 0.25) is 18.0 Å². The van der Waals surface area contributed by atoms with Crippen molar-refractivity contribution in [2.45, 2.75) is 45.1 Å². The molecular weight excluding hydrogens is 396 g/mol. The molecule has 0 bridgehead atoms. The van der Waals surface area contributed by atoms with Crippen LogP contribution in [0.4, 0.5) is 26.3 Å². The zero-order valence-electron chi connectivity index (χ0n) is 15.8. The number of hydrogen-bond acceptors (Lipinski definition) is 5. The number of aliphatic imine (C=N–C) groups is 1. The molecule has 11 heteroatoms. The SMILES string of the molecule is CC.CO.COC(CF)CC1CC(O)OC(c2c(F)c(F)c(F)c(F)c2F)=N1. The zero-order chi connectivity index (χ0) is 22.0. The molecule has 28 heavy (non-hydrogen) atoms. The van der Waals surface area contributed by atoms with Crippen molar-refractivity contribution < 1.29 is 46.0 Å². The van der Waals surface area contributed by atoms with Gasteiger partial charge >= 0.3 is 0 Å². The van der Waals surface area contributed by atoms with E-state index in [-0.39, 0.29) is 12.8 Å². The van der Waals surface area contributed by atoms with Crippen LogP contribution in [0.3, 0.4) is 0 Å². The summed E-state index contributed by atoms with van der Waals surface area (Å²) in [7, 11) is 2.23. The third kappa shape index (κ3) is 6.08. The van der Waals surface area contributed by atoms with Gasteiger partial charge in [0.15, 0.2) is 23.3 Å². The van der Waals surface area contributed by atoms with Gasteiger partial charge in [0.25, 0.3) is 0 Å². The summed E-state index contributed by atoms with van der Waals surface area (Å²) >= 11 is 0. The Labute approximate surface area is 158 Å². The first-order chi connectivity index (χ1) is 13.3. The average Bonchev–Trinajstić information content (AvgIpc) is 2.71. The highest BCUT2D eigenvalue weighted by Gasteiger charge is 2.34. The third-order valence-corrected chi connectivity index (χ3v) is 3.49. The molecule has 1 heterocycles. The molecule has 0 spiro atoms. The van der Waals surface area contributed by atoms with Crippen molar-refractivity contribution in [2.24, 2.45) is 4.99 Å². The van der Waals surface area contributed by atoms with E-state index in [9.17, 15) is 31.4 Å². The molecular formula is C17H23F6NO4. The summed E-state index contributed by atoms with van der Waals surface area (Å²) in [5.74, 6) is -11.9. The molecule has 5 nitrogen and oxygen atoms in total. The first-order valence-electron chi connectivity index (χ1n) is 8.27. The van der Waals surface area contributed by atoms with E-state index >= 15 is 0 Å². The van der Waals surface area contributed by atoms with Gasteiger partial charge in [-0.25, -0.2) is 31.3 Å². The van der Waals surface area contributed by atoms with Gasteiger partial charge in [0.05, 0.1) is 12.1 Å². The maximum absolute atomic E-state index is 13.8. The Hall–Kier alpha value is -1.85. The quantitative estimate of drug-likeness (QED) is 0.437. The Kier molecular flexibility index (Phi) is 11.7. The van der Waals surface area contributed by atoms with Crippen LogP contribution in [0.5, 0.6) is 0 Å². The van der Waals surface area contributed by atoms with Gasteiger partial charge in [0, 0.05) is 20.6 Å². The first-order valence-corrected chi connectivity index (χ1v) is 8.27. The number of benzene rings is 1. The Balaban J connectivity index is 0.00000171. The van der Waals surface area contributed by atoms with E-state index in [4.69, 9.17) is 14.6 Å². The third-order valence-electron chi connectivity index (χ3n) is 3.49. The lowest BCUT2D eigenvalue weighted by Crippen LogP contribution is -2.34. The van der Waals surface area contributed by atoms with Crippen LogP contribution in [0.25, 0.3) is 0 Å². The van der Waals surface area contributed by atoms with E-state index in [1.807, 2.05) is 13.8 Å². The fourth-order valence-corrected chi connectivity index (χ4v) is 2.25. The average molecular weight is 419 g/mol. The summed E-state index contributed by atoms with van der Waals surface area (Å²) in [5.41, 5.74) is -1.38. The van der Waals surface area contributed by atoms with E-state index in [1.165, 1.54) is 7.11 Å². The summed E-state index contributed by atoms with van der Waals surface area (Å²) in [5, 5.41) is 16.6. The molecule has 1 aliphatic rings. The van der Waals surface area contributed by atoms with Crippen molar-refractivity contribution >= 4 is 5.90 Å². The molecule has 0 radical (unpaired) electrons. The molecule has 0 saturated carbocycles. The van der Waals surface area contributed by atoms with E-state index in [0.717, 1.165) is 7.11 Å². The summed E-state index contributed by atoms with van der Waals surface area (Å²) in [4.78, 5) is 3.72. The molecule has 0 saturated heterocycles. The largest absolute Gasteiger partial charge is 0.448 e. The minimum Gasteiger partial charge on any atom is -0.448 e. The Morgan fingerprint density at radius 1 is 1.04 bits per heavy atom. The topological polar surface area (TPSA) is 71.3 Å². The van der Waals surface area contributed by atoms with Crippen molar-refractivity contribution in [2.75, 3.05) is 20.9 Å². The number of nitrogens with zero attached hydrogens (tertiary/aromatic N) is 1. The predicted octanol–water partition coefficient (Wildman–Crippen LogP) is 3.25. The highest BCUT2D eigenvalue weighted by molar-refractivity contribution is 5.95. The van der Waals surface area contributed by atoms with Crippen molar-refractivity contribution in [3.63, 3.8) is 0 Å². The van der Waals surface area contributed by atoms with Gasteiger partial charge in [-0.15, -0.1) is 0 Å². The second kappa shape index (κ2) is 12.6. The molecule has 3 unspecified atom stereocenters. The van der Waals surface area contributed by atoms with Crippen LogP contribution in [0.2, 0.25) is 0 Å². The van der Waals surface area contributed by atoms with Crippen LogP contribution < -0.4 is 0 Å². The number of halogens is 6. The number of rotatable bonds is 5. The lowest BCUT2D eigenvalue weighted by Gasteiger charge is -2.27. The van der Waals surface area contributed by atoms with Crippen molar-refractivity contribution in [3.8, 4) is 0 Å². The molecule has 1 aliphatic heterocycles. The molecule has 1 aromatic carbocycles. The number of aliphatic hydroxyl groups excluding tert-OH is 2. The number of aliphatic hydroxyl groups is 2. The van der Waals surface area contributed by atoms with Crippen molar-refractivity contribution in [1.29, 1.82) is 0 Å². The van der Waals surface area contributed by atoms with Crippen LogP contribution in [0.1, 0.15) is 32.3 Å². The number of methoxy groups -OCH3 is 1. The minimum absolute atomic E-state index is 0.0771. The van der Waals surface area contributed by atoms with Gasteiger partial charge in [0.1, 0.15) is 12.2 Å². The van der Waals surface area contributed by atoms with Gasteiger partial charge in [-0.3, -0.25) is 0 Å². The summed E-state index contributed by atoms with van der Waals surface area (Å²) in [6.45, 7) is 3.12. The molecule has 0 fully saturated rings. The lowest BCUT2D eigenvalue weighted by molar-refractivity contribution is -0.0514. The smallest absolute Gasteiger partial charge is 0.225 e. The fourth-order valence-electron chi connectivity index (χ4n) is 2.25. The molecule has 2 N–H and O–H groups in total. The van der Waals surface area contributed by atoms with E-state index in [1.54, 1.807) is 0 Å². The molecule has 0 amide bonds. The molecule has 162 valence electrons. The van der Waals surface area contributed by atoms with Crippen molar-refractivity contribution in [1.82, 2.24) is 0 Å². The van der Waals surface area contributed by atoms with Gasteiger partial charge in [-0.1, -0.05) is 13.8 Å². The summed E-state index contributed by atoms with van der Waals surface area (Å²) in [6, 6.07) is -0.889. The molecule has 3 atom stereocenters. The second-order valence-corrected chi connectivity index (χ2v) is 5.09. The van der Waals surface area contributed by atoms with Crippen LogP contribution in [-0.4, -0.2) is 55.4 Å². The first kappa shape index (κ1) is 26.1. The van der Waals surface area contributed by atoms with Gasteiger partial charge in [-0.2, -0.15) is 0 Å². The molecule has 0 aliphatic carbocycles. The maximum Gasteiger partial charge on any atom is 0.225 e. The van der Waals surface area contributed by atoms with E-state index < -0.39 is 65.7 Å². The second-order valence-electron chi connectivity index (χ2n) is 5.09. The molecule has 0 aromatic heterocycles. The lowest BCUT2D eigenvalue weighted by atomic mass is 10.0. The normalized spacial score (nSPS) is 19.4. The standard InChI is InChI=1S/C14H13F6NO3.C2H6.CH4O/c1-23-6(4-15)2-5-3-7(22)24-14(21-5)8-9(16)11(18)13(20)12(19)10(8)17;2*1-2/h5-7,22H,2-4H2,1H3;1-2H3;2H,1H3. The Bertz CT molecular complexity index is 626. The van der Waals surface area contributed by atoms with Crippen LogP contribution in [-0.2, 0) is 9.47 Å². The minimum atomic E-state index is -2.32. The van der Waals surface area contributed by atoms with E-state index in [0.29, 0.717) is 0 Å². The van der Waals surface area contributed by atoms with Crippen molar-refractivity contribution in [3.05, 3.63) is 34.6 Å². The molecule has 2 rings (SSSR count). The monoisotopic (exact) mass is 419 g/mol.